The zero-order valence-electron chi connectivity index (χ0n) is 11.1. The van der Waals surface area contributed by atoms with E-state index in [1.807, 2.05) is 13.8 Å². The third-order valence-corrected chi connectivity index (χ3v) is 3.24. The molecule has 0 aliphatic heterocycles. The number of rotatable bonds is 9. The van der Waals surface area contributed by atoms with E-state index in [1.54, 1.807) is 0 Å². The van der Waals surface area contributed by atoms with Crippen LogP contribution in [0.3, 0.4) is 0 Å². The predicted octanol–water partition coefficient (Wildman–Crippen LogP) is 0.953. The lowest BCUT2D eigenvalue weighted by atomic mass is 10.3. The average molecular weight is 289 g/mol. The summed E-state index contributed by atoms with van der Waals surface area (Å²) in [5.74, 6) is -1.04. The molecule has 7 nitrogen and oxygen atoms in total. The minimum atomic E-state index is -0.933. The van der Waals surface area contributed by atoms with Crippen molar-refractivity contribution in [3.05, 3.63) is 10.5 Å². The number of nitrogens with zero attached hydrogens (tertiary/aromatic N) is 2. The summed E-state index contributed by atoms with van der Waals surface area (Å²) >= 11 is 1.03. The molecule has 0 amide bonds. The minimum Gasteiger partial charge on any atom is -0.481 e. The molecule has 0 atom stereocenters. The van der Waals surface area contributed by atoms with Gasteiger partial charge in [-0.25, -0.2) is 9.89 Å². The number of carboxylic acids is 1. The van der Waals surface area contributed by atoms with Gasteiger partial charge in [-0.15, -0.1) is 5.10 Å². The lowest BCUT2D eigenvalue weighted by Gasteiger charge is -2.07. The second-order valence-electron chi connectivity index (χ2n) is 4.27. The molecule has 0 fully saturated rings. The molecule has 0 bridgehead atoms. The van der Waals surface area contributed by atoms with Gasteiger partial charge in [-0.3, -0.25) is 9.36 Å². The van der Waals surface area contributed by atoms with Crippen LogP contribution in [0.4, 0.5) is 0 Å². The largest absolute Gasteiger partial charge is 0.481 e. The number of hydrogen-bond acceptors (Lipinski definition) is 5. The van der Waals surface area contributed by atoms with Crippen LogP contribution >= 0.6 is 11.8 Å². The first-order valence-corrected chi connectivity index (χ1v) is 7.10. The number of unbranched alkanes of at least 4 members (excludes halogenated alkanes) is 1. The van der Waals surface area contributed by atoms with Gasteiger partial charge in [-0.2, -0.15) is 0 Å². The molecule has 0 radical (unpaired) electrons. The molecule has 1 rings (SSSR count). The molecule has 0 aliphatic carbocycles. The van der Waals surface area contributed by atoms with E-state index in [1.165, 1.54) is 4.57 Å². The number of aliphatic carboxylic acids is 1. The molecular weight excluding hydrogens is 270 g/mol. The summed E-state index contributed by atoms with van der Waals surface area (Å²) in [4.78, 5) is 22.0. The van der Waals surface area contributed by atoms with Gasteiger partial charge in [0.1, 0.15) is 0 Å². The topological polar surface area (TPSA) is 97.2 Å². The van der Waals surface area contributed by atoms with E-state index in [9.17, 15) is 9.59 Å². The van der Waals surface area contributed by atoms with Crippen LogP contribution in [-0.2, 0) is 16.1 Å². The van der Waals surface area contributed by atoms with Crippen LogP contribution in [0.25, 0.3) is 0 Å². The van der Waals surface area contributed by atoms with Gasteiger partial charge in [-0.05, 0) is 26.7 Å². The first kappa shape index (κ1) is 15.8. The highest BCUT2D eigenvalue weighted by Gasteiger charge is 2.10. The Morgan fingerprint density at radius 2 is 2.26 bits per heavy atom. The van der Waals surface area contributed by atoms with Gasteiger partial charge in [0.15, 0.2) is 5.16 Å². The van der Waals surface area contributed by atoms with Crippen LogP contribution in [0.2, 0.25) is 0 Å². The van der Waals surface area contributed by atoms with Crippen LogP contribution in [0, 0.1) is 0 Å². The molecular formula is C11H19N3O4S. The summed E-state index contributed by atoms with van der Waals surface area (Å²) in [6.45, 7) is 5.11. The standard InChI is InChI=1S/C11H19N3O4S/c1-8(2)18-6-4-3-5-14-10(17)12-13-11(14)19-7-9(15)16/h8H,3-7H2,1-2H3,(H,12,17)(H,15,16). The quantitative estimate of drug-likeness (QED) is 0.519. The van der Waals surface area contributed by atoms with Crippen molar-refractivity contribution in [2.45, 2.75) is 44.5 Å². The zero-order valence-corrected chi connectivity index (χ0v) is 11.9. The van der Waals surface area contributed by atoms with Gasteiger partial charge in [-0.1, -0.05) is 11.8 Å². The lowest BCUT2D eigenvalue weighted by molar-refractivity contribution is -0.133. The Kier molecular flexibility index (Phi) is 6.65. The average Bonchev–Trinajstić information content (AvgIpc) is 2.67. The van der Waals surface area contributed by atoms with E-state index in [4.69, 9.17) is 9.84 Å². The highest BCUT2D eigenvalue weighted by Crippen LogP contribution is 2.13. The number of hydrogen-bond donors (Lipinski definition) is 2. The Labute approximate surface area is 115 Å². The number of aromatic amines is 1. The SMILES string of the molecule is CC(C)OCCCCn1c(SCC(=O)O)n[nH]c1=O. The highest BCUT2D eigenvalue weighted by atomic mass is 32.2. The van der Waals surface area contributed by atoms with Gasteiger partial charge < -0.3 is 9.84 Å². The fourth-order valence-corrected chi connectivity index (χ4v) is 2.12. The molecule has 8 heteroatoms. The van der Waals surface area contributed by atoms with E-state index < -0.39 is 5.97 Å². The van der Waals surface area contributed by atoms with Gasteiger partial charge in [0.05, 0.1) is 11.9 Å². The van der Waals surface area contributed by atoms with Gasteiger partial charge in [0.2, 0.25) is 0 Å². The number of aromatic nitrogens is 3. The first-order valence-electron chi connectivity index (χ1n) is 6.12. The molecule has 0 aromatic carbocycles. The molecule has 0 unspecified atom stereocenters. The van der Waals surface area contributed by atoms with Crippen LogP contribution in [0.1, 0.15) is 26.7 Å². The van der Waals surface area contributed by atoms with Gasteiger partial charge in [0, 0.05) is 13.2 Å². The Balaban J connectivity index is 2.41. The number of thioether (sulfide) groups is 1. The van der Waals surface area contributed by atoms with Crippen molar-refractivity contribution in [1.82, 2.24) is 14.8 Å². The van der Waals surface area contributed by atoms with Crippen LogP contribution in [0.15, 0.2) is 9.95 Å². The Morgan fingerprint density at radius 3 is 2.89 bits per heavy atom. The normalized spacial score (nSPS) is 11.1. The van der Waals surface area contributed by atoms with Crippen molar-refractivity contribution in [2.75, 3.05) is 12.4 Å². The molecule has 2 N–H and O–H groups in total. The van der Waals surface area contributed by atoms with Gasteiger partial charge >= 0.3 is 11.7 Å². The zero-order chi connectivity index (χ0) is 14.3. The molecule has 0 saturated carbocycles. The monoisotopic (exact) mass is 289 g/mol. The van der Waals surface area contributed by atoms with Gasteiger partial charge in [0.25, 0.3) is 0 Å². The van der Waals surface area contributed by atoms with Crippen LogP contribution < -0.4 is 5.69 Å². The lowest BCUT2D eigenvalue weighted by Crippen LogP contribution is -2.18. The molecule has 1 heterocycles. The number of ether oxygens (including phenoxy) is 1. The summed E-state index contributed by atoms with van der Waals surface area (Å²) in [5.41, 5.74) is -0.308. The third-order valence-electron chi connectivity index (χ3n) is 2.28. The number of carboxylic acid groups (broad SMARTS) is 1. The molecule has 1 aromatic heterocycles. The molecule has 19 heavy (non-hydrogen) atoms. The minimum absolute atomic E-state index is 0.110. The fraction of sp³-hybridized carbons (Fsp3) is 0.727. The van der Waals surface area contributed by atoms with Crippen LogP contribution in [-0.4, -0.2) is 44.3 Å². The van der Waals surface area contributed by atoms with E-state index >= 15 is 0 Å². The highest BCUT2D eigenvalue weighted by molar-refractivity contribution is 7.99. The maximum atomic E-state index is 11.5. The van der Waals surface area contributed by atoms with Crippen molar-refractivity contribution in [2.24, 2.45) is 0 Å². The second-order valence-corrected chi connectivity index (χ2v) is 5.21. The Morgan fingerprint density at radius 1 is 1.53 bits per heavy atom. The molecule has 1 aromatic rings. The van der Waals surface area contributed by atoms with Crippen molar-refractivity contribution in [3.63, 3.8) is 0 Å². The maximum Gasteiger partial charge on any atom is 0.343 e. The summed E-state index contributed by atoms with van der Waals surface area (Å²) in [6.07, 6.45) is 1.84. The van der Waals surface area contributed by atoms with Crippen molar-refractivity contribution >= 4 is 17.7 Å². The molecule has 0 aliphatic rings. The van der Waals surface area contributed by atoms with Crippen molar-refractivity contribution in [1.29, 1.82) is 0 Å². The summed E-state index contributed by atoms with van der Waals surface area (Å²) in [6, 6.07) is 0. The van der Waals surface area contributed by atoms with E-state index in [2.05, 4.69) is 10.2 Å². The second kappa shape index (κ2) is 8.00. The number of carbonyl (C=O) groups is 1. The molecule has 0 spiro atoms. The van der Waals surface area contributed by atoms with E-state index in [0.29, 0.717) is 18.3 Å². The fourth-order valence-electron chi connectivity index (χ4n) is 1.43. The smallest absolute Gasteiger partial charge is 0.343 e. The summed E-state index contributed by atoms with van der Waals surface area (Å²) in [5, 5.41) is 15.2. The third kappa shape index (κ3) is 5.93. The first-order chi connectivity index (χ1) is 9.00. The Bertz CT molecular complexity index is 455. The molecule has 0 saturated heterocycles. The summed E-state index contributed by atoms with van der Waals surface area (Å²) < 4.78 is 6.87. The number of nitrogens with one attached hydrogen (secondary N) is 1. The van der Waals surface area contributed by atoms with E-state index in [0.717, 1.165) is 24.6 Å². The summed E-state index contributed by atoms with van der Waals surface area (Å²) in [7, 11) is 0. The predicted molar refractivity (Wildman–Crippen MR) is 71.5 cm³/mol. The molecule has 108 valence electrons. The maximum absolute atomic E-state index is 11.5. The Hall–Kier alpha value is -1.28. The van der Waals surface area contributed by atoms with Crippen molar-refractivity contribution in [3.8, 4) is 0 Å². The van der Waals surface area contributed by atoms with E-state index in [-0.39, 0.29) is 17.5 Å². The van der Waals surface area contributed by atoms with Crippen molar-refractivity contribution < 1.29 is 14.6 Å². The van der Waals surface area contributed by atoms with Crippen LogP contribution in [0.5, 0.6) is 0 Å². The number of H-pyrrole nitrogens is 1.